The Hall–Kier alpha value is -0.340. The lowest BCUT2D eigenvalue weighted by Gasteiger charge is -2.17. The summed E-state index contributed by atoms with van der Waals surface area (Å²) in [4.78, 5) is 0. The van der Waals surface area contributed by atoms with Gasteiger partial charge in [0.1, 0.15) is 0 Å². The zero-order valence-corrected chi connectivity index (χ0v) is 11.7. The maximum Gasteiger partial charge on any atom is 0.0175 e. The number of halogens is 1. The Morgan fingerprint density at radius 2 is 1.88 bits per heavy atom. The van der Waals surface area contributed by atoms with E-state index in [9.17, 15) is 0 Å². The van der Waals surface area contributed by atoms with Gasteiger partial charge in [0.15, 0.2) is 0 Å². The van der Waals surface area contributed by atoms with E-state index in [0.717, 1.165) is 19.0 Å². The topological polar surface area (TPSA) is 12.0 Å². The molecule has 0 atom stereocenters. The van der Waals surface area contributed by atoms with Crippen LogP contribution in [0.25, 0.3) is 0 Å². The molecule has 0 aliphatic heterocycles. The van der Waals surface area contributed by atoms with E-state index in [-0.39, 0.29) is 0 Å². The number of benzene rings is 1. The smallest absolute Gasteiger partial charge is 0.0175 e. The summed E-state index contributed by atoms with van der Waals surface area (Å²) in [6.07, 6.45) is 2.67. The Bertz CT molecular complexity index is 338. The standard InChI is InChI=1S/C14H20BrN/c1-11(2)9-16-10-14(7-8-14)12-3-5-13(15)6-4-12/h3-6,11,16H,7-10H2,1-2H3. The van der Waals surface area contributed by atoms with E-state index >= 15 is 0 Å². The Balaban J connectivity index is 1.95. The van der Waals surface area contributed by atoms with E-state index in [1.807, 2.05) is 0 Å². The lowest BCUT2D eigenvalue weighted by molar-refractivity contribution is 0.509. The average molecular weight is 282 g/mol. The van der Waals surface area contributed by atoms with Crippen molar-refractivity contribution in [3.05, 3.63) is 34.3 Å². The van der Waals surface area contributed by atoms with Crippen LogP contribution < -0.4 is 5.32 Å². The highest BCUT2D eigenvalue weighted by Gasteiger charge is 2.43. The van der Waals surface area contributed by atoms with E-state index in [1.54, 1.807) is 0 Å². The molecule has 1 aliphatic carbocycles. The van der Waals surface area contributed by atoms with Gasteiger partial charge >= 0.3 is 0 Å². The molecule has 0 aromatic heterocycles. The van der Waals surface area contributed by atoms with Crippen molar-refractivity contribution < 1.29 is 0 Å². The van der Waals surface area contributed by atoms with Gasteiger partial charge in [0, 0.05) is 16.4 Å². The molecule has 0 spiro atoms. The maximum absolute atomic E-state index is 3.59. The predicted molar refractivity (Wildman–Crippen MR) is 72.8 cm³/mol. The fourth-order valence-electron chi connectivity index (χ4n) is 2.12. The highest BCUT2D eigenvalue weighted by molar-refractivity contribution is 9.10. The van der Waals surface area contributed by atoms with Crippen molar-refractivity contribution in [1.29, 1.82) is 0 Å². The first-order valence-corrected chi connectivity index (χ1v) is 6.88. The second-order valence-electron chi connectivity index (χ2n) is 5.31. The average Bonchev–Trinajstić information content (AvgIpc) is 2.99. The second-order valence-corrected chi connectivity index (χ2v) is 6.23. The van der Waals surface area contributed by atoms with Crippen LogP contribution in [0.15, 0.2) is 28.7 Å². The van der Waals surface area contributed by atoms with Crippen LogP contribution in [0.1, 0.15) is 32.3 Å². The summed E-state index contributed by atoms with van der Waals surface area (Å²) >= 11 is 3.49. The lowest BCUT2D eigenvalue weighted by atomic mass is 9.96. The minimum atomic E-state index is 0.440. The zero-order valence-electron chi connectivity index (χ0n) is 10.1. The molecule has 0 saturated heterocycles. The van der Waals surface area contributed by atoms with Crippen LogP contribution in [0, 0.1) is 5.92 Å². The van der Waals surface area contributed by atoms with Crippen molar-refractivity contribution in [3.8, 4) is 0 Å². The number of hydrogen-bond donors (Lipinski definition) is 1. The van der Waals surface area contributed by atoms with Gasteiger partial charge in [-0.15, -0.1) is 0 Å². The molecule has 1 nitrogen and oxygen atoms in total. The molecule has 0 heterocycles. The van der Waals surface area contributed by atoms with Crippen molar-refractivity contribution in [2.45, 2.75) is 32.1 Å². The van der Waals surface area contributed by atoms with Gasteiger partial charge in [0.2, 0.25) is 0 Å². The molecule has 2 rings (SSSR count). The van der Waals surface area contributed by atoms with Crippen molar-refractivity contribution >= 4 is 15.9 Å². The summed E-state index contributed by atoms with van der Waals surface area (Å²) in [5.74, 6) is 0.737. The summed E-state index contributed by atoms with van der Waals surface area (Å²) in [5, 5.41) is 3.59. The summed E-state index contributed by atoms with van der Waals surface area (Å²) in [5.41, 5.74) is 1.93. The summed E-state index contributed by atoms with van der Waals surface area (Å²) in [6.45, 7) is 6.77. The highest BCUT2D eigenvalue weighted by atomic mass is 79.9. The molecular weight excluding hydrogens is 262 g/mol. The van der Waals surface area contributed by atoms with Gasteiger partial charge in [0.25, 0.3) is 0 Å². The quantitative estimate of drug-likeness (QED) is 0.867. The van der Waals surface area contributed by atoms with Gasteiger partial charge in [0.05, 0.1) is 0 Å². The van der Waals surface area contributed by atoms with Gasteiger partial charge in [-0.25, -0.2) is 0 Å². The van der Waals surface area contributed by atoms with E-state index < -0.39 is 0 Å². The third-order valence-corrected chi connectivity index (χ3v) is 3.85. The normalized spacial score (nSPS) is 17.8. The summed E-state index contributed by atoms with van der Waals surface area (Å²) in [7, 11) is 0. The Labute approximate surface area is 107 Å². The lowest BCUT2D eigenvalue weighted by Crippen LogP contribution is -2.29. The van der Waals surface area contributed by atoms with Crippen LogP contribution >= 0.6 is 15.9 Å². The van der Waals surface area contributed by atoms with Crippen molar-refractivity contribution in [3.63, 3.8) is 0 Å². The molecule has 1 aromatic rings. The number of nitrogens with one attached hydrogen (secondary N) is 1. The molecule has 0 unspecified atom stereocenters. The molecule has 2 heteroatoms. The van der Waals surface area contributed by atoms with Crippen LogP contribution in [-0.2, 0) is 5.41 Å². The molecule has 1 fully saturated rings. The summed E-state index contributed by atoms with van der Waals surface area (Å²) in [6, 6.07) is 8.82. The SMILES string of the molecule is CC(C)CNCC1(c2ccc(Br)cc2)CC1. The van der Waals surface area contributed by atoms with Crippen molar-refractivity contribution in [1.82, 2.24) is 5.32 Å². The van der Waals surface area contributed by atoms with Crippen LogP contribution in [0.5, 0.6) is 0 Å². The number of rotatable bonds is 5. The van der Waals surface area contributed by atoms with E-state index in [4.69, 9.17) is 0 Å². The first-order chi connectivity index (χ1) is 7.62. The van der Waals surface area contributed by atoms with Crippen LogP contribution in [0.4, 0.5) is 0 Å². The van der Waals surface area contributed by atoms with Crippen LogP contribution in [0.3, 0.4) is 0 Å². The second kappa shape index (κ2) is 4.89. The molecule has 1 aliphatic rings. The fraction of sp³-hybridized carbons (Fsp3) is 0.571. The fourth-order valence-corrected chi connectivity index (χ4v) is 2.39. The molecule has 1 saturated carbocycles. The van der Waals surface area contributed by atoms with Crippen molar-refractivity contribution in [2.24, 2.45) is 5.92 Å². The maximum atomic E-state index is 3.59. The third-order valence-electron chi connectivity index (χ3n) is 3.33. The minimum Gasteiger partial charge on any atom is -0.316 e. The van der Waals surface area contributed by atoms with Gasteiger partial charge in [-0.2, -0.15) is 0 Å². The largest absolute Gasteiger partial charge is 0.316 e. The molecule has 1 aromatic carbocycles. The Morgan fingerprint density at radius 3 is 2.38 bits per heavy atom. The van der Waals surface area contributed by atoms with E-state index in [1.165, 1.54) is 22.9 Å². The van der Waals surface area contributed by atoms with E-state index in [0.29, 0.717) is 5.41 Å². The Morgan fingerprint density at radius 1 is 1.25 bits per heavy atom. The minimum absolute atomic E-state index is 0.440. The highest BCUT2D eigenvalue weighted by Crippen LogP contribution is 2.47. The van der Waals surface area contributed by atoms with Crippen molar-refractivity contribution in [2.75, 3.05) is 13.1 Å². The first kappa shape index (κ1) is 12.1. The monoisotopic (exact) mass is 281 g/mol. The predicted octanol–water partition coefficient (Wildman–Crippen LogP) is 3.73. The van der Waals surface area contributed by atoms with Gasteiger partial charge in [-0.3, -0.25) is 0 Å². The first-order valence-electron chi connectivity index (χ1n) is 6.09. The summed E-state index contributed by atoms with van der Waals surface area (Å²) < 4.78 is 1.17. The molecule has 16 heavy (non-hydrogen) atoms. The van der Waals surface area contributed by atoms with E-state index in [2.05, 4.69) is 59.4 Å². The third kappa shape index (κ3) is 2.86. The Kier molecular flexibility index (Phi) is 3.70. The number of hydrogen-bond acceptors (Lipinski definition) is 1. The van der Waals surface area contributed by atoms with Gasteiger partial charge in [-0.05, 0) is 43.0 Å². The van der Waals surface area contributed by atoms with Crippen LogP contribution in [-0.4, -0.2) is 13.1 Å². The molecule has 0 bridgehead atoms. The van der Waals surface area contributed by atoms with Gasteiger partial charge < -0.3 is 5.32 Å². The van der Waals surface area contributed by atoms with Crippen LogP contribution in [0.2, 0.25) is 0 Å². The molecule has 0 amide bonds. The molecule has 88 valence electrons. The molecular formula is C14H20BrN. The molecule has 0 radical (unpaired) electrons. The zero-order chi connectivity index (χ0) is 11.6. The van der Waals surface area contributed by atoms with Gasteiger partial charge in [-0.1, -0.05) is 41.9 Å². The molecule has 1 N–H and O–H groups in total.